The van der Waals surface area contributed by atoms with Crippen LogP contribution in [0.5, 0.6) is 0 Å². The van der Waals surface area contributed by atoms with E-state index >= 15 is 0 Å². The molecule has 0 heterocycles. The largest absolute Gasteiger partial charge is 0.480 e. The van der Waals surface area contributed by atoms with Crippen LogP contribution in [0.1, 0.15) is 18.4 Å². The number of rotatable bonds is 12. The van der Waals surface area contributed by atoms with Crippen molar-refractivity contribution in [1.82, 2.24) is 15.8 Å². The average molecular weight is 580 g/mol. The van der Waals surface area contributed by atoms with Crippen molar-refractivity contribution in [2.24, 2.45) is 5.73 Å². The lowest BCUT2D eigenvalue weighted by atomic mass is 10.1. The van der Waals surface area contributed by atoms with Gasteiger partial charge in [-0.3, -0.25) is 15.2 Å². The Labute approximate surface area is 230 Å². The fraction of sp³-hybridized carbons (Fsp3) is 0.240. The Kier molecular flexibility index (Phi) is 9.92. The number of guanidine groups is 1. The number of benzene rings is 3. The van der Waals surface area contributed by atoms with Crippen molar-refractivity contribution >= 4 is 61.6 Å². The normalized spacial score (nSPS) is 12.2. The number of amides is 1. The van der Waals surface area contributed by atoms with E-state index in [1.807, 2.05) is 12.1 Å². The Hall–Kier alpha value is -3.38. The zero-order chi connectivity index (χ0) is 27.9. The highest BCUT2D eigenvalue weighted by molar-refractivity contribution is 7.92. The van der Waals surface area contributed by atoms with Crippen LogP contribution in [0.25, 0.3) is 10.8 Å². The van der Waals surface area contributed by atoms with E-state index in [1.54, 1.807) is 36.4 Å². The summed E-state index contributed by atoms with van der Waals surface area (Å²) in [5.74, 6) is -3.49. The van der Waals surface area contributed by atoms with Crippen LogP contribution in [0, 0.1) is 5.41 Å². The molecule has 6 N–H and O–H groups in total. The van der Waals surface area contributed by atoms with E-state index in [4.69, 9.17) is 34.3 Å². The first-order valence-corrected chi connectivity index (χ1v) is 13.9. The first kappa shape index (κ1) is 29.2. The van der Waals surface area contributed by atoms with Crippen molar-refractivity contribution in [3.05, 3.63) is 76.3 Å². The maximum absolute atomic E-state index is 13.3. The summed E-state index contributed by atoms with van der Waals surface area (Å²) < 4.78 is 26.3. The van der Waals surface area contributed by atoms with Gasteiger partial charge in [0.1, 0.15) is 11.8 Å². The number of fused-ring (bicyclic) bond motifs is 1. The van der Waals surface area contributed by atoms with Gasteiger partial charge in [-0.25, -0.2) is 18.6 Å². The van der Waals surface area contributed by atoms with Crippen LogP contribution in [0.3, 0.4) is 0 Å². The number of aliphatic carboxylic acids is 1. The molecule has 1 amide bonds. The van der Waals surface area contributed by atoms with E-state index < -0.39 is 33.5 Å². The van der Waals surface area contributed by atoms with Gasteiger partial charge in [0.25, 0.3) is 5.91 Å². The first-order valence-electron chi connectivity index (χ1n) is 11.5. The number of carbonyl (C=O) groups is 2. The molecule has 10 nitrogen and oxygen atoms in total. The number of nitrogens with one attached hydrogen (secondary N) is 3. The fourth-order valence-corrected chi connectivity index (χ4v) is 5.29. The second kappa shape index (κ2) is 12.9. The molecule has 202 valence electrons. The molecule has 0 unspecified atom stereocenters. The van der Waals surface area contributed by atoms with Crippen LogP contribution in [0.2, 0.25) is 10.0 Å². The third-order valence-electron chi connectivity index (χ3n) is 5.67. The maximum Gasteiger partial charge on any atom is 0.328 e. The predicted molar refractivity (Wildman–Crippen MR) is 147 cm³/mol. The lowest BCUT2D eigenvalue weighted by Gasteiger charge is -2.30. The summed E-state index contributed by atoms with van der Waals surface area (Å²) in [6.45, 7) is 0.178. The first-order chi connectivity index (χ1) is 18.0. The second-order valence-corrected chi connectivity index (χ2v) is 11.3. The van der Waals surface area contributed by atoms with E-state index in [2.05, 4.69) is 10.7 Å². The van der Waals surface area contributed by atoms with Crippen molar-refractivity contribution in [1.29, 1.82) is 5.41 Å². The molecule has 3 aromatic carbocycles. The molecule has 38 heavy (non-hydrogen) atoms. The van der Waals surface area contributed by atoms with Crippen molar-refractivity contribution in [3.8, 4) is 0 Å². The monoisotopic (exact) mass is 579 g/mol. The smallest absolute Gasteiger partial charge is 0.328 e. The minimum atomic E-state index is -4.11. The second-order valence-electron chi connectivity index (χ2n) is 8.45. The van der Waals surface area contributed by atoms with E-state index in [9.17, 15) is 23.1 Å². The molecule has 0 aliphatic carbocycles. The molecule has 0 spiro atoms. The van der Waals surface area contributed by atoms with Crippen LogP contribution in [-0.4, -0.2) is 54.7 Å². The Morgan fingerprint density at radius 1 is 1.03 bits per heavy atom. The molecule has 0 aliphatic heterocycles. The summed E-state index contributed by atoms with van der Waals surface area (Å²) in [6, 6.07) is 15.1. The van der Waals surface area contributed by atoms with Gasteiger partial charge < -0.3 is 16.2 Å². The molecule has 3 rings (SSSR count). The standard InChI is InChI=1S/C25H27Cl2N5O5S/c26-20-10-7-16(12-21(20)27)14-31-32(22(24(34)35)6-3-11-30-25(28)29)23(33)15-38(36,37)19-9-8-17-4-1-2-5-18(17)13-19/h1-2,4-5,7-10,12-13,22,31H,3,6,11,14-15H2,(H,34,35)(H4,28,29,30)/t22-/m0/s1. The average Bonchev–Trinajstić information content (AvgIpc) is 2.86. The Morgan fingerprint density at radius 2 is 1.74 bits per heavy atom. The molecule has 0 saturated carbocycles. The zero-order valence-corrected chi connectivity index (χ0v) is 22.5. The third-order valence-corrected chi connectivity index (χ3v) is 8.00. The van der Waals surface area contributed by atoms with Crippen molar-refractivity contribution in [2.75, 3.05) is 12.3 Å². The van der Waals surface area contributed by atoms with E-state index in [1.165, 1.54) is 12.1 Å². The van der Waals surface area contributed by atoms with Gasteiger partial charge in [-0.2, -0.15) is 0 Å². The van der Waals surface area contributed by atoms with Crippen molar-refractivity contribution in [2.45, 2.75) is 30.3 Å². The van der Waals surface area contributed by atoms with Crippen LogP contribution in [-0.2, 0) is 26.0 Å². The van der Waals surface area contributed by atoms with Gasteiger partial charge >= 0.3 is 5.97 Å². The number of nitrogens with two attached hydrogens (primary N) is 1. The summed E-state index contributed by atoms with van der Waals surface area (Å²) in [6.07, 6.45) is 0.206. The summed E-state index contributed by atoms with van der Waals surface area (Å²) in [5, 5.41) is 22.7. The fourth-order valence-electron chi connectivity index (χ4n) is 3.76. The van der Waals surface area contributed by atoms with Gasteiger partial charge in [0.15, 0.2) is 15.8 Å². The number of carbonyl (C=O) groups excluding carboxylic acids is 1. The molecule has 13 heteroatoms. The summed E-state index contributed by atoms with van der Waals surface area (Å²) in [4.78, 5) is 25.4. The lowest BCUT2D eigenvalue weighted by molar-refractivity contribution is -0.152. The molecule has 0 radical (unpaired) electrons. The van der Waals surface area contributed by atoms with Crippen molar-refractivity contribution in [3.63, 3.8) is 0 Å². The number of sulfone groups is 1. The van der Waals surface area contributed by atoms with E-state index in [-0.39, 0.29) is 41.8 Å². The number of hydrogen-bond acceptors (Lipinski definition) is 6. The summed E-state index contributed by atoms with van der Waals surface area (Å²) in [7, 11) is -4.11. The summed E-state index contributed by atoms with van der Waals surface area (Å²) in [5.41, 5.74) is 8.62. The van der Waals surface area contributed by atoms with Crippen LogP contribution >= 0.6 is 23.2 Å². The molecule has 1 atom stereocenters. The topological polar surface area (TPSA) is 166 Å². The van der Waals surface area contributed by atoms with Crippen LogP contribution in [0.15, 0.2) is 65.6 Å². The molecular weight excluding hydrogens is 553 g/mol. The highest BCUT2D eigenvalue weighted by Crippen LogP contribution is 2.23. The third kappa shape index (κ3) is 7.81. The number of hydrazine groups is 1. The lowest BCUT2D eigenvalue weighted by Crippen LogP contribution is -2.54. The van der Waals surface area contributed by atoms with E-state index in [0.29, 0.717) is 16.0 Å². The van der Waals surface area contributed by atoms with Gasteiger partial charge in [-0.15, -0.1) is 0 Å². The molecule has 0 bridgehead atoms. The minimum absolute atomic E-state index is 0.0197. The quantitative estimate of drug-likeness (QED) is 0.0943. The zero-order valence-electron chi connectivity index (χ0n) is 20.2. The maximum atomic E-state index is 13.3. The number of halogens is 2. The molecule has 0 saturated heterocycles. The predicted octanol–water partition coefficient (Wildman–Crippen LogP) is 3.17. The van der Waals surface area contributed by atoms with E-state index in [0.717, 1.165) is 10.4 Å². The number of nitrogens with zero attached hydrogens (tertiary/aromatic N) is 1. The minimum Gasteiger partial charge on any atom is -0.480 e. The molecule has 3 aromatic rings. The Morgan fingerprint density at radius 3 is 2.39 bits per heavy atom. The van der Waals surface area contributed by atoms with Crippen molar-refractivity contribution < 1.29 is 23.1 Å². The highest BCUT2D eigenvalue weighted by atomic mass is 35.5. The van der Waals surface area contributed by atoms with Gasteiger partial charge in [0.2, 0.25) is 0 Å². The van der Waals surface area contributed by atoms with Gasteiger partial charge in [0, 0.05) is 13.1 Å². The highest BCUT2D eigenvalue weighted by Gasteiger charge is 2.32. The number of carboxylic acid groups (broad SMARTS) is 1. The number of carboxylic acids is 1. The SMILES string of the molecule is N=C(N)NCCC[C@@H](C(=O)O)N(NCc1ccc(Cl)c(Cl)c1)C(=O)CS(=O)(=O)c1ccc2ccccc2c1. The Balaban J connectivity index is 1.85. The summed E-state index contributed by atoms with van der Waals surface area (Å²) >= 11 is 12.0. The number of hydrogen-bond donors (Lipinski definition) is 5. The van der Waals surface area contributed by atoms with Crippen LogP contribution in [0.4, 0.5) is 0 Å². The van der Waals surface area contributed by atoms with Gasteiger partial charge in [0.05, 0.1) is 14.9 Å². The molecule has 0 fully saturated rings. The molecule has 0 aliphatic rings. The van der Waals surface area contributed by atoms with Gasteiger partial charge in [-0.1, -0.05) is 59.6 Å². The van der Waals surface area contributed by atoms with Gasteiger partial charge in [-0.05, 0) is 53.4 Å². The molecule has 0 aromatic heterocycles. The molecular formula is C25H27Cl2N5O5S. The van der Waals surface area contributed by atoms with Crippen LogP contribution < -0.4 is 16.5 Å². The Bertz CT molecular complexity index is 1450.